The molecule has 0 aromatic heterocycles. The molecule has 7 heteroatoms. The quantitative estimate of drug-likeness (QED) is 0.346. The molecule has 0 bridgehead atoms. The van der Waals surface area contributed by atoms with Gasteiger partial charge in [0.05, 0.1) is 13.9 Å². The summed E-state index contributed by atoms with van der Waals surface area (Å²) in [5, 5.41) is 0. The minimum atomic E-state index is -4.03. The Bertz CT molecular complexity index is 167. The topological polar surface area (TPSA) is 57.2 Å². The van der Waals surface area contributed by atoms with Gasteiger partial charge in [-0.15, -0.1) is 0 Å². The second-order valence-electron chi connectivity index (χ2n) is 1.44. The average molecular weight is 304 g/mol. The monoisotopic (exact) mass is 302 g/mol. The third-order valence-electron chi connectivity index (χ3n) is 0.586. The van der Waals surface area contributed by atoms with Gasteiger partial charge in [0.2, 0.25) is 0 Å². The zero-order valence-corrected chi connectivity index (χ0v) is 11.4. The first kappa shape index (κ1) is 14.4. The van der Waals surface area contributed by atoms with Gasteiger partial charge in [0.1, 0.15) is 0 Å². The maximum absolute atomic E-state index is 9.94. The summed E-state index contributed by atoms with van der Waals surface area (Å²) in [5.41, 5.74) is 0. The summed E-state index contributed by atoms with van der Waals surface area (Å²) >= 11 is 6.08. The minimum Gasteiger partial charge on any atom is -0.748 e. The van der Waals surface area contributed by atoms with Crippen molar-refractivity contribution in [1.29, 1.82) is 0 Å². The summed E-state index contributed by atoms with van der Waals surface area (Å²) in [5.74, 6) is -0.325. The predicted molar refractivity (Wildman–Crippen MR) is 40.8 cm³/mol. The molecule has 0 heterocycles. The van der Waals surface area contributed by atoms with Crippen molar-refractivity contribution in [2.45, 2.75) is 10.2 Å². The number of halogens is 2. The van der Waals surface area contributed by atoms with E-state index < -0.39 is 10.1 Å². The molecule has 0 amide bonds. The predicted octanol–water partition coefficient (Wildman–Crippen LogP) is -1.96. The van der Waals surface area contributed by atoms with E-state index in [1.54, 1.807) is 0 Å². The molecule has 0 spiro atoms. The van der Waals surface area contributed by atoms with Gasteiger partial charge in [0.25, 0.3) is 0 Å². The van der Waals surface area contributed by atoms with E-state index in [9.17, 15) is 13.0 Å². The summed E-state index contributed by atoms with van der Waals surface area (Å²) in [7, 11) is -4.03. The van der Waals surface area contributed by atoms with Crippen molar-refractivity contribution in [3.05, 3.63) is 0 Å². The third kappa shape index (κ3) is 12.5. The number of hydrogen-bond acceptors (Lipinski definition) is 3. The third-order valence-corrected chi connectivity index (χ3v) is 2.24. The van der Waals surface area contributed by atoms with Crippen molar-refractivity contribution in [2.24, 2.45) is 0 Å². The Hall–Kier alpha value is 1.87. The first-order valence-corrected chi connectivity index (χ1v) is 5.54. The van der Waals surface area contributed by atoms with Crippen molar-refractivity contribution < 1.29 is 42.5 Å². The molecule has 0 aromatic carbocycles. The van der Waals surface area contributed by atoms with Crippen LogP contribution in [0.2, 0.25) is 0 Å². The van der Waals surface area contributed by atoms with Gasteiger partial charge in [0.15, 0.2) is 0 Å². The normalized spacial score (nSPS) is 11.2. The Balaban J connectivity index is 0. The molecule has 0 N–H and O–H groups in total. The van der Waals surface area contributed by atoms with E-state index in [1.165, 1.54) is 0 Å². The number of rotatable bonds is 3. The van der Waals surface area contributed by atoms with Crippen LogP contribution in [0.5, 0.6) is 0 Å². The molecule has 0 aliphatic carbocycles. The molecule has 0 aromatic rings. The maximum Gasteiger partial charge on any atom is 1.00 e. The van der Waals surface area contributed by atoms with Crippen LogP contribution in [-0.4, -0.2) is 22.5 Å². The van der Waals surface area contributed by atoms with Gasteiger partial charge in [-0.1, -0.05) is 31.9 Å². The molecule has 3 nitrogen and oxygen atoms in total. The zero-order chi connectivity index (χ0) is 7.49. The van der Waals surface area contributed by atoms with Crippen molar-refractivity contribution in [2.75, 3.05) is 5.75 Å². The number of hydrogen-bond donors (Lipinski definition) is 0. The molecule has 0 radical (unpaired) electrons. The SMILES string of the molecule is O=S(=O)([O-])CCC(Br)Br.[Na+]. The minimum absolute atomic E-state index is 0. The average Bonchev–Trinajstić information content (AvgIpc) is 1.59. The smallest absolute Gasteiger partial charge is 0.748 e. The first-order chi connectivity index (χ1) is 3.92. The van der Waals surface area contributed by atoms with Gasteiger partial charge in [-0.25, -0.2) is 8.42 Å². The summed E-state index contributed by atoms with van der Waals surface area (Å²) in [6.45, 7) is 0. The zero-order valence-electron chi connectivity index (χ0n) is 5.38. The van der Waals surface area contributed by atoms with E-state index in [0.717, 1.165) is 0 Å². The molecule has 0 unspecified atom stereocenters. The van der Waals surface area contributed by atoms with E-state index in [1.807, 2.05) is 0 Å². The first-order valence-electron chi connectivity index (χ1n) is 2.13. The Morgan fingerprint density at radius 2 is 1.80 bits per heavy atom. The summed E-state index contributed by atoms with van der Waals surface area (Å²) in [6.07, 6.45) is 0.297. The molecule has 0 saturated heterocycles. The van der Waals surface area contributed by atoms with Crippen LogP contribution < -0.4 is 29.6 Å². The Labute approximate surface area is 99.2 Å². The molecule has 10 heavy (non-hydrogen) atoms. The Kier molecular flexibility index (Phi) is 9.20. The molecule has 0 rings (SSSR count). The van der Waals surface area contributed by atoms with Crippen LogP contribution in [0.4, 0.5) is 0 Å². The summed E-state index contributed by atoms with van der Waals surface area (Å²) in [6, 6.07) is 0. The fraction of sp³-hybridized carbons (Fsp3) is 1.00. The molecule has 0 aliphatic rings. The summed E-state index contributed by atoms with van der Waals surface area (Å²) in [4.78, 5) is 0. The van der Waals surface area contributed by atoms with Crippen molar-refractivity contribution in [3.63, 3.8) is 0 Å². The molecule has 0 aliphatic heterocycles. The van der Waals surface area contributed by atoms with Crippen molar-refractivity contribution >= 4 is 42.0 Å². The molecular formula is C3H5Br2NaO3S. The van der Waals surface area contributed by atoms with Gasteiger partial charge in [0, 0.05) is 5.75 Å². The molecule has 0 fully saturated rings. The number of alkyl halides is 2. The Morgan fingerprint density at radius 1 is 1.40 bits per heavy atom. The van der Waals surface area contributed by atoms with Gasteiger partial charge in [-0.3, -0.25) is 0 Å². The van der Waals surface area contributed by atoms with Crippen LogP contribution in [-0.2, 0) is 10.1 Å². The van der Waals surface area contributed by atoms with E-state index in [0.29, 0.717) is 6.42 Å². The molecule has 56 valence electrons. The van der Waals surface area contributed by atoms with Crippen LogP contribution in [0.1, 0.15) is 6.42 Å². The fourth-order valence-electron chi connectivity index (χ4n) is 0.233. The van der Waals surface area contributed by atoms with Gasteiger partial charge in [-0.05, 0) is 6.42 Å². The van der Waals surface area contributed by atoms with Crippen LogP contribution in [0.15, 0.2) is 0 Å². The second-order valence-corrected chi connectivity index (χ2v) is 6.40. The fourth-order valence-corrected chi connectivity index (χ4v) is 1.82. The van der Waals surface area contributed by atoms with Gasteiger partial charge < -0.3 is 4.55 Å². The Morgan fingerprint density at radius 3 is 1.90 bits per heavy atom. The van der Waals surface area contributed by atoms with Crippen molar-refractivity contribution in [1.82, 2.24) is 0 Å². The summed E-state index contributed by atoms with van der Waals surface area (Å²) < 4.78 is 29.7. The van der Waals surface area contributed by atoms with E-state index in [4.69, 9.17) is 0 Å². The van der Waals surface area contributed by atoms with Crippen molar-refractivity contribution in [3.8, 4) is 0 Å². The van der Waals surface area contributed by atoms with Crippen LogP contribution in [0.25, 0.3) is 0 Å². The second kappa shape index (κ2) is 6.39. The van der Waals surface area contributed by atoms with Gasteiger partial charge >= 0.3 is 29.6 Å². The molecule has 0 atom stereocenters. The van der Waals surface area contributed by atoms with Crippen LogP contribution in [0, 0.1) is 0 Å². The van der Waals surface area contributed by atoms with Crippen LogP contribution >= 0.6 is 31.9 Å². The van der Waals surface area contributed by atoms with E-state index in [2.05, 4.69) is 31.9 Å². The van der Waals surface area contributed by atoms with Crippen LogP contribution in [0.3, 0.4) is 0 Å². The standard InChI is InChI=1S/C3H6Br2O3S.Na/c4-3(5)1-2-9(6,7)8;/h3H,1-2H2,(H,6,7,8);/q;+1/p-1. The van der Waals surface area contributed by atoms with Gasteiger partial charge in [-0.2, -0.15) is 0 Å². The van der Waals surface area contributed by atoms with E-state index in [-0.39, 0.29) is 39.0 Å². The van der Waals surface area contributed by atoms with E-state index >= 15 is 0 Å². The largest absolute Gasteiger partial charge is 1.00 e. The molecular weight excluding hydrogens is 299 g/mol. The maximum atomic E-state index is 9.94. The molecule has 0 saturated carbocycles.